The highest BCUT2D eigenvalue weighted by Crippen LogP contribution is 2.41. The number of rotatable bonds is 6. The van der Waals surface area contributed by atoms with Gasteiger partial charge >= 0.3 is 0 Å². The number of hydrogen-bond acceptors (Lipinski definition) is 6. The molecule has 0 N–H and O–H groups in total. The summed E-state index contributed by atoms with van der Waals surface area (Å²) in [6.07, 6.45) is 0. The Hall–Kier alpha value is -4.59. The summed E-state index contributed by atoms with van der Waals surface area (Å²) in [5.74, 6) is -2.84. The third kappa shape index (κ3) is 4.29. The van der Waals surface area contributed by atoms with Crippen LogP contribution in [0.5, 0.6) is 0 Å². The quantitative estimate of drug-likeness (QED) is 0.337. The molecule has 6 nitrogen and oxygen atoms in total. The summed E-state index contributed by atoms with van der Waals surface area (Å²) >= 11 is 1.33. The SMILES string of the molecule is Cc1ccc(-c2csc(N3N=C(c4ccccc4)C(C(c4ccccc4)C(C#N)C#N)C3=O)n2)cc1. The van der Waals surface area contributed by atoms with Gasteiger partial charge < -0.3 is 0 Å². The van der Waals surface area contributed by atoms with Gasteiger partial charge in [-0.2, -0.15) is 20.6 Å². The first-order valence-electron chi connectivity index (χ1n) is 11.5. The van der Waals surface area contributed by atoms with Crippen molar-refractivity contribution in [3.05, 3.63) is 107 Å². The highest BCUT2D eigenvalue weighted by atomic mass is 32.1. The van der Waals surface area contributed by atoms with E-state index in [1.54, 1.807) is 0 Å². The summed E-state index contributed by atoms with van der Waals surface area (Å²) in [7, 11) is 0. The van der Waals surface area contributed by atoms with E-state index < -0.39 is 17.8 Å². The minimum atomic E-state index is -1.03. The maximum atomic E-state index is 14.0. The topological polar surface area (TPSA) is 93.1 Å². The van der Waals surface area contributed by atoms with Crippen molar-refractivity contribution in [2.75, 3.05) is 5.01 Å². The molecule has 36 heavy (non-hydrogen) atoms. The number of hydrazone groups is 1. The van der Waals surface area contributed by atoms with Crippen molar-refractivity contribution in [2.24, 2.45) is 16.9 Å². The molecule has 5 rings (SSSR count). The highest BCUT2D eigenvalue weighted by molar-refractivity contribution is 7.14. The number of thiazole rings is 1. The lowest BCUT2D eigenvalue weighted by molar-refractivity contribution is -0.120. The van der Waals surface area contributed by atoms with Crippen molar-refractivity contribution in [3.63, 3.8) is 0 Å². The van der Waals surface area contributed by atoms with Crippen LogP contribution in [0.15, 0.2) is 95.4 Å². The van der Waals surface area contributed by atoms with Gasteiger partial charge in [-0.25, -0.2) is 4.98 Å². The monoisotopic (exact) mass is 487 g/mol. The van der Waals surface area contributed by atoms with E-state index >= 15 is 0 Å². The summed E-state index contributed by atoms with van der Waals surface area (Å²) in [5, 5.41) is 28.1. The van der Waals surface area contributed by atoms with E-state index in [2.05, 4.69) is 12.1 Å². The number of aryl methyl sites for hydroxylation is 1. The zero-order valence-corrected chi connectivity index (χ0v) is 20.3. The van der Waals surface area contributed by atoms with Gasteiger partial charge in [0.15, 0.2) is 0 Å². The number of nitrogens with zero attached hydrogens (tertiary/aromatic N) is 5. The predicted molar refractivity (Wildman–Crippen MR) is 140 cm³/mol. The standard InChI is InChI=1S/C29H21N5OS/c1-19-12-14-20(15-13-19)24-18-36-29(32-24)34-28(35)26(27(33-34)22-10-6-3-7-11-22)25(23(16-30)17-31)21-8-4-2-5-9-21/h2-15,18,23,25-26H,1H3. The largest absolute Gasteiger partial charge is 0.272 e. The molecule has 1 aliphatic heterocycles. The molecule has 2 atom stereocenters. The van der Waals surface area contributed by atoms with E-state index in [1.165, 1.54) is 16.3 Å². The van der Waals surface area contributed by atoms with E-state index in [4.69, 9.17) is 10.1 Å². The molecule has 1 aliphatic rings. The molecule has 0 radical (unpaired) electrons. The van der Waals surface area contributed by atoms with Gasteiger partial charge in [0.2, 0.25) is 5.13 Å². The van der Waals surface area contributed by atoms with Gasteiger partial charge in [0.1, 0.15) is 5.92 Å². The first kappa shape index (κ1) is 23.2. The van der Waals surface area contributed by atoms with Gasteiger partial charge in [-0.3, -0.25) is 4.79 Å². The molecular formula is C29H21N5OS. The van der Waals surface area contributed by atoms with Crippen LogP contribution >= 0.6 is 11.3 Å². The minimum absolute atomic E-state index is 0.303. The molecule has 0 fully saturated rings. The first-order chi connectivity index (χ1) is 17.6. The summed E-state index contributed by atoms with van der Waals surface area (Å²) < 4.78 is 0. The van der Waals surface area contributed by atoms with Crippen LogP contribution in [0.3, 0.4) is 0 Å². The Bertz CT molecular complexity index is 1480. The highest BCUT2D eigenvalue weighted by Gasteiger charge is 2.47. The summed E-state index contributed by atoms with van der Waals surface area (Å²) in [6.45, 7) is 2.03. The van der Waals surface area contributed by atoms with Crippen molar-refractivity contribution >= 4 is 28.1 Å². The van der Waals surface area contributed by atoms with Gasteiger partial charge in [-0.1, -0.05) is 90.5 Å². The second-order valence-corrected chi connectivity index (χ2v) is 9.37. The number of nitriles is 2. The average molecular weight is 488 g/mol. The van der Waals surface area contributed by atoms with Crippen molar-refractivity contribution in [1.82, 2.24) is 4.98 Å². The molecule has 0 bridgehead atoms. The second-order valence-electron chi connectivity index (χ2n) is 8.53. The van der Waals surface area contributed by atoms with Crippen LogP contribution < -0.4 is 5.01 Å². The number of aromatic nitrogens is 1. The van der Waals surface area contributed by atoms with Crippen molar-refractivity contribution in [3.8, 4) is 23.4 Å². The Balaban J connectivity index is 1.60. The fraction of sp³-hybridized carbons (Fsp3) is 0.138. The smallest absolute Gasteiger partial charge is 0.259 e. The lowest BCUT2D eigenvalue weighted by atomic mass is 9.74. The molecule has 1 amide bonds. The molecule has 7 heteroatoms. The zero-order chi connectivity index (χ0) is 25.1. The normalized spacial score (nSPS) is 15.9. The molecule has 4 aromatic rings. The third-order valence-electron chi connectivity index (χ3n) is 6.25. The van der Waals surface area contributed by atoms with E-state index in [-0.39, 0.29) is 5.91 Å². The lowest BCUT2D eigenvalue weighted by Crippen LogP contribution is -2.35. The number of carbonyl (C=O) groups is 1. The predicted octanol–water partition coefficient (Wildman–Crippen LogP) is 5.93. The van der Waals surface area contributed by atoms with E-state index in [9.17, 15) is 15.3 Å². The van der Waals surface area contributed by atoms with Gasteiger partial charge in [-0.15, -0.1) is 11.3 Å². The third-order valence-corrected chi connectivity index (χ3v) is 7.06. The molecule has 0 saturated heterocycles. The molecule has 0 aliphatic carbocycles. The molecule has 3 aromatic carbocycles. The Morgan fingerprint density at radius 2 is 1.53 bits per heavy atom. The fourth-order valence-electron chi connectivity index (χ4n) is 4.44. The summed E-state index contributed by atoms with van der Waals surface area (Å²) in [4.78, 5) is 18.7. The van der Waals surface area contributed by atoms with Gasteiger partial charge in [-0.05, 0) is 18.1 Å². The van der Waals surface area contributed by atoms with Crippen molar-refractivity contribution < 1.29 is 4.79 Å². The molecular weight excluding hydrogens is 466 g/mol. The van der Waals surface area contributed by atoms with Crippen LogP contribution in [-0.2, 0) is 4.79 Å². The lowest BCUT2D eigenvalue weighted by Gasteiger charge is -2.25. The molecule has 1 aromatic heterocycles. The molecule has 0 spiro atoms. The molecule has 174 valence electrons. The van der Waals surface area contributed by atoms with E-state index in [0.29, 0.717) is 10.8 Å². The Morgan fingerprint density at radius 3 is 2.17 bits per heavy atom. The number of carbonyl (C=O) groups excluding carboxylic acids is 1. The molecule has 0 saturated carbocycles. The fourth-order valence-corrected chi connectivity index (χ4v) is 5.22. The summed E-state index contributed by atoms with van der Waals surface area (Å²) in [5.41, 5.74) is 4.90. The Kier molecular flexibility index (Phi) is 6.40. The van der Waals surface area contributed by atoms with Crippen LogP contribution in [0.1, 0.15) is 22.6 Å². The Labute approximate surface area is 213 Å². The van der Waals surface area contributed by atoms with Crippen LogP contribution in [0.2, 0.25) is 0 Å². The minimum Gasteiger partial charge on any atom is -0.272 e. The van der Waals surface area contributed by atoms with Crippen molar-refractivity contribution in [1.29, 1.82) is 10.5 Å². The molecule has 2 heterocycles. The number of benzene rings is 3. The number of anilines is 1. The van der Waals surface area contributed by atoms with Gasteiger partial charge in [0, 0.05) is 16.9 Å². The van der Waals surface area contributed by atoms with Crippen LogP contribution in [0, 0.1) is 41.4 Å². The van der Waals surface area contributed by atoms with Crippen LogP contribution in [-0.4, -0.2) is 16.6 Å². The maximum Gasteiger partial charge on any atom is 0.259 e. The second kappa shape index (κ2) is 9.95. The number of amides is 1. The maximum absolute atomic E-state index is 14.0. The number of hydrogen-bond donors (Lipinski definition) is 0. The van der Waals surface area contributed by atoms with Crippen LogP contribution in [0.25, 0.3) is 11.3 Å². The van der Waals surface area contributed by atoms with Crippen LogP contribution in [0.4, 0.5) is 5.13 Å². The summed E-state index contributed by atoms with van der Waals surface area (Å²) in [6, 6.07) is 30.9. The average Bonchev–Trinajstić information content (AvgIpc) is 3.53. The van der Waals surface area contributed by atoms with Gasteiger partial charge in [0.05, 0.1) is 29.5 Å². The Morgan fingerprint density at radius 1 is 0.889 bits per heavy atom. The van der Waals surface area contributed by atoms with Crippen molar-refractivity contribution in [2.45, 2.75) is 12.8 Å². The van der Waals surface area contributed by atoms with E-state index in [1.807, 2.05) is 97.2 Å². The zero-order valence-electron chi connectivity index (χ0n) is 19.4. The van der Waals surface area contributed by atoms with Gasteiger partial charge in [0.25, 0.3) is 5.91 Å². The first-order valence-corrected chi connectivity index (χ1v) is 12.3. The van der Waals surface area contributed by atoms with E-state index in [0.717, 1.165) is 27.9 Å². The molecule has 2 unspecified atom stereocenters.